The minimum atomic E-state index is -0.168. The van der Waals surface area contributed by atoms with Gasteiger partial charge in [-0.15, -0.1) is 0 Å². The van der Waals surface area contributed by atoms with Crippen LogP contribution < -0.4 is 0 Å². The van der Waals surface area contributed by atoms with Crippen molar-refractivity contribution in [1.29, 1.82) is 0 Å². The molecular formula is C16H13BrFN. The molecule has 0 aliphatic carbocycles. The lowest BCUT2D eigenvalue weighted by Crippen LogP contribution is -1.95. The minimum Gasteiger partial charge on any atom is -0.358 e. The lowest BCUT2D eigenvalue weighted by atomic mass is 10.0. The molecule has 0 amide bonds. The van der Waals surface area contributed by atoms with Gasteiger partial charge in [0.05, 0.1) is 0 Å². The quantitative estimate of drug-likeness (QED) is 0.687. The van der Waals surface area contributed by atoms with Crippen LogP contribution in [0.2, 0.25) is 0 Å². The van der Waals surface area contributed by atoms with Crippen molar-refractivity contribution < 1.29 is 4.39 Å². The topological polar surface area (TPSA) is 15.8 Å². The van der Waals surface area contributed by atoms with Crippen LogP contribution in [0.15, 0.2) is 46.9 Å². The molecule has 1 N–H and O–H groups in total. The highest BCUT2D eigenvalue weighted by atomic mass is 79.9. The second-order valence-electron chi connectivity index (χ2n) is 4.65. The second-order valence-corrected chi connectivity index (χ2v) is 5.51. The van der Waals surface area contributed by atoms with E-state index in [-0.39, 0.29) is 5.82 Å². The summed E-state index contributed by atoms with van der Waals surface area (Å²) in [5.41, 5.74) is 4.05. The molecule has 0 aliphatic rings. The number of para-hydroxylation sites is 1. The number of hydrogen-bond donors (Lipinski definition) is 1. The summed E-state index contributed by atoms with van der Waals surface area (Å²) in [7, 11) is 0. The number of aromatic nitrogens is 1. The van der Waals surface area contributed by atoms with E-state index >= 15 is 0 Å². The van der Waals surface area contributed by atoms with Gasteiger partial charge in [0.2, 0.25) is 0 Å². The van der Waals surface area contributed by atoms with Gasteiger partial charge in [0.15, 0.2) is 0 Å². The molecule has 2 aromatic carbocycles. The lowest BCUT2D eigenvalue weighted by molar-refractivity contribution is 0.612. The van der Waals surface area contributed by atoms with E-state index in [0.29, 0.717) is 12.0 Å². The number of aromatic amines is 1. The summed E-state index contributed by atoms with van der Waals surface area (Å²) in [6.45, 7) is 2.03. The Labute approximate surface area is 119 Å². The number of aryl methyl sites for hydroxylation is 1. The third-order valence-electron chi connectivity index (χ3n) is 3.44. The Balaban J connectivity index is 2.13. The first-order chi connectivity index (χ1) is 9.16. The van der Waals surface area contributed by atoms with Crippen molar-refractivity contribution >= 4 is 26.8 Å². The number of nitrogens with one attached hydrogen (secondary N) is 1. The van der Waals surface area contributed by atoms with Crippen molar-refractivity contribution in [1.82, 2.24) is 4.98 Å². The number of fused-ring (bicyclic) bond motifs is 1. The normalized spacial score (nSPS) is 11.1. The van der Waals surface area contributed by atoms with Crippen LogP contribution in [0.4, 0.5) is 4.39 Å². The van der Waals surface area contributed by atoms with E-state index in [1.165, 1.54) is 6.07 Å². The molecule has 0 unspecified atom stereocenters. The summed E-state index contributed by atoms with van der Waals surface area (Å²) in [6, 6.07) is 13.2. The molecule has 0 bridgehead atoms. The molecule has 3 heteroatoms. The summed E-state index contributed by atoms with van der Waals surface area (Å²) < 4.78 is 14.8. The minimum absolute atomic E-state index is 0.168. The maximum absolute atomic E-state index is 13.9. The average Bonchev–Trinajstić information content (AvgIpc) is 2.70. The van der Waals surface area contributed by atoms with Gasteiger partial charge in [-0.05, 0) is 30.7 Å². The molecule has 3 aromatic rings. The molecule has 1 aromatic heterocycles. The predicted molar refractivity (Wildman–Crippen MR) is 79.9 cm³/mol. The van der Waals surface area contributed by atoms with Gasteiger partial charge in [-0.1, -0.05) is 40.2 Å². The van der Waals surface area contributed by atoms with Gasteiger partial charge in [0.1, 0.15) is 5.82 Å². The average molecular weight is 318 g/mol. The Bertz CT molecular complexity index is 725. The monoisotopic (exact) mass is 317 g/mol. The van der Waals surface area contributed by atoms with Crippen LogP contribution in [-0.4, -0.2) is 4.98 Å². The Morgan fingerprint density at radius 1 is 1.05 bits per heavy atom. The van der Waals surface area contributed by atoms with Gasteiger partial charge in [-0.2, -0.15) is 0 Å². The third kappa shape index (κ3) is 2.19. The van der Waals surface area contributed by atoms with E-state index in [1.807, 2.05) is 31.2 Å². The van der Waals surface area contributed by atoms with Crippen molar-refractivity contribution in [2.24, 2.45) is 0 Å². The van der Waals surface area contributed by atoms with Crippen LogP contribution >= 0.6 is 15.9 Å². The summed E-state index contributed by atoms with van der Waals surface area (Å²) in [4.78, 5) is 3.35. The number of halogens is 2. The molecule has 1 heterocycles. The van der Waals surface area contributed by atoms with Crippen LogP contribution in [-0.2, 0) is 6.42 Å². The van der Waals surface area contributed by atoms with Crippen LogP contribution in [0, 0.1) is 12.7 Å². The van der Waals surface area contributed by atoms with E-state index in [1.54, 1.807) is 6.07 Å². The maximum atomic E-state index is 13.9. The van der Waals surface area contributed by atoms with Crippen molar-refractivity contribution in [3.05, 3.63) is 69.6 Å². The Morgan fingerprint density at radius 2 is 1.84 bits per heavy atom. The van der Waals surface area contributed by atoms with Crippen LogP contribution in [0.5, 0.6) is 0 Å². The van der Waals surface area contributed by atoms with Crippen molar-refractivity contribution in [3.63, 3.8) is 0 Å². The number of benzene rings is 2. The van der Waals surface area contributed by atoms with Crippen LogP contribution in [0.1, 0.15) is 16.8 Å². The molecule has 96 valence electrons. The molecule has 0 aliphatic heterocycles. The first-order valence-electron chi connectivity index (χ1n) is 6.16. The van der Waals surface area contributed by atoms with Gasteiger partial charge in [0.25, 0.3) is 0 Å². The highest BCUT2D eigenvalue weighted by Crippen LogP contribution is 2.28. The number of hydrogen-bond acceptors (Lipinski definition) is 0. The van der Waals surface area contributed by atoms with Gasteiger partial charge in [-0.25, -0.2) is 4.39 Å². The second kappa shape index (κ2) is 4.82. The van der Waals surface area contributed by atoms with Gasteiger partial charge >= 0.3 is 0 Å². The molecule has 3 rings (SSSR count). The predicted octanol–water partition coefficient (Wildman–Crippen LogP) is 4.97. The lowest BCUT2D eigenvalue weighted by Gasteiger charge is -2.06. The zero-order chi connectivity index (χ0) is 13.4. The smallest absolute Gasteiger partial charge is 0.127 e. The van der Waals surface area contributed by atoms with Gasteiger partial charge in [-0.3, -0.25) is 0 Å². The summed E-state index contributed by atoms with van der Waals surface area (Å²) in [5, 5.41) is 1.16. The Morgan fingerprint density at radius 3 is 2.63 bits per heavy atom. The molecule has 0 saturated heterocycles. The fourth-order valence-corrected chi connectivity index (χ4v) is 2.92. The summed E-state index contributed by atoms with van der Waals surface area (Å²) >= 11 is 3.43. The molecule has 19 heavy (non-hydrogen) atoms. The first kappa shape index (κ1) is 12.4. The Hall–Kier alpha value is -1.61. The van der Waals surface area contributed by atoms with Crippen molar-refractivity contribution in [3.8, 4) is 0 Å². The molecule has 1 nitrogen and oxygen atoms in total. The van der Waals surface area contributed by atoms with E-state index in [4.69, 9.17) is 0 Å². The van der Waals surface area contributed by atoms with Crippen molar-refractivity contribution in [2.75, 3.05) is 0 Å². The SMILES string of the molecule is Cc1[nH]c2ccccc2c1Cc1c(F)cccc1Br. The summed E-state index contributed by atoms with van der Waals surface area (Å²) in [5.74, 6) is -0.168. The molecular weight excluding hydrogens is 305 g/mol. The fraction of sp³-hybridized carbons (Fsp3) is 0.125. The summed E-state index contributed by atoms with van der Waals surface area (Å²) in [6.07, 6.45) is 0.586. The first-order valence-corrected chi connectivity index (χ1v) is 6.95. The maximum Gasteiger partial charge on any atom is 0.127 e. The van der Waals surface area contributed by atoms with Crippen LogP contribution in [0.25, 0.3) is 10.9 Å². The zero-order valence-corrected chi connectivity index (χ0v) is 12.1. The van der Waals surface area contributed by atoms with Gasteiger partial charge < -0.3 is 4.98 Å². The van der Waals surface area contributed by atoms with E-state index < -0.39 is 0 Å². The largest absolute Gasteiger partial charge is 0.358 e. The number of rotatable bonds is 2. The van der Waals surface area contributed by atoms with Crippen LogP contribution in [0.3, 0.4) is 0 Å². The molecule has 0 spiro atoms. The number of H-pyrrole nitrogens is 1. The molecule has 0 fully saturated rings. The van der Waals surface area contributed by atoms with Gasteiger partial charge in [0, 0.05) is 33.1 Å². The third-order valence-corrected chi connectivity index (χ3v) is 4.19. The highest BCUT2D eigenvalue weighted by Gasteiger charge is 2.13. The van der Waals surface area contributed by atoms with E-state index in [9.17, 15) is 4.39 Å². The molecule has 0 saturated carbocycles. The van der Waals surface area contributed by atoms with Crippen molar-refractivity contribution in [2.45, 2.75) is 13.3 Å². The molecule has 0 radical (unpaired) electrons. The standard InChI is InChI=1S/C16H13BrFN/c1-10-12(11-5-2-3-8-16(11)19-10)9-13-14(17)6-4-7-15(13)18/h2-8,19H,9H2,1H3. The Kier molecular flexibility index (Phi) is 3.15. The van der Waals surface area contributed by atoms with E-state index in [2.05, 4.69) is 27.0 Å². The van der Waals surface area contributed by atoms with E-state index in [0.717, 1.165) is 26.6 Å². The highest BCUT2D eigenvalue weighted by molar-refractivity contribution is 9.10. The fourth-order valence-electron chi connectivity index (χ4n) is 2.44. The zero-order valence-electron chi connectivity index (χ0n) is 10.5. The molecule has 0 atom stereocenters.